The molecule has 1 aliphatic rings. The minimum Gasteiger partial charge on any atom is -0.467 e. The number of piperidine rings is 1. The van der Waals surface area contributed by atoms with Gasteiger partial charge in [0.25, 0.3) is 5.92 Å². The monoisotopic (exact) mass is 279 g/mol. The van der Waals surface area contributed by atoms with Crippen LogP contribution in [0.3, 0.4) is 0 Å². The van der Waals surface area contributed by atoms with Crippen molar-refractivity contribution in [2.45, 2.75) is 51.2 Å². The van der Waals surface area contributed by atoms with Crippen molar-refractivity contribution in [2.24, 2.45) is 0 Å². The minimum absolute atomic E-state index is 0.234. The molecule has 1 rings (SSSR count). The van der Waals surface area contributed by atoms with Crippen LogP contribution in [0.15, 0.2) is 0 Å². The first-order valence-corrected chi connectivity index (χ1v) is 6.01. The number of alkyl halides is 2. The van der Waals surface area contributed by atoms with Gasteiger partial charge in [-0.15, -0.1) is 0 Å². The Morgan fingerprint density at radius 1 is 1.32 bits per heavy atom. The number of likely N-dealkylation sites (tertiary alicyclic amines) is 1. The highest BCUT2D eigenvalue weighted by atomic mass is 19.3. The third-order valence-electron chi connectivity index (χ3n) is 2.69. The van der Waals surface area contributed by atoms with E-state index in [1.54, 1.807) is 20.8 Å². The SMILES string of the molecule is COC(=O)[C@H]1CC(F)(F)CCN1C(=O)OC(C)(C)C. The summed E-state index contributed by atoms with van der Waals surface area (Å²) < 4.78 is 36.3. The first-order chi connectivity index (χ1) is 8.56. The predicted molar refractivity (Wildman–Crippen MR) is 62.9 cm³/mol. The van der Waals surface area contributed by atoms with Crippen LogP contribution in [-0.4, -0.2) is 48.2 Å². The van der Waals surface area contributed by atoms with Crippen molar-refractivity contribution in [3.05, 3.63) is 0 Å². The van der Waals surface area contributed by atoms with E-state index >= 15 is 0 Å². The van der Waals surface area contributed by atoms with Crippen LogP contribution in [-0.2, 0) is 14.3 Å². The molecule has 1 saturated heterocycles. The Balaban J connectivity index is 2.85. The van der Waals surface area contributed by atoms with Gasteiger partial charge in [-0.3, -0.25) is 4.90 Å². The van der Waals surface area contributed by atoms with Crippen LogP contribution in [0.4, 0.5) is 13.6 Å². The molecule has 0 N–H and O–H groups in total. The van der Waals surface area contributed by atoms with Gasteiger partial charge in [-0.05, 0) is 20.8 Å². The van der Waals surface area contributed by atoms with Gasteiger partial charge in [0.1, 0.15) is 11.6 Å². The molecule has 1 heterocycles. The smallest absolute Gasteiger partial charge is 0.411 e. The first-order valence-electron chi connectivity index (χ1n) is 6.01. The largest absolute Gasteiger partial charge is 0.467 e. The summed E-state index contributed by atoms with van der Waals surface area (Å²) in [6.45, 7) is 4.76. The van der Waals surface area contributed by atoms with E-state index in [1.165, 1.54) is 0 Å². The van der Waals surface area contributed by atoms with E-state index in [1.807, 2.05) is 0 Å². The van der Waals surface area contributed by atoms with Crippen molar-refractivity contribution < 1.29 is 27.8 Å². The Morgan fingerprint density at radius 2 is 1.89 bits per heavy atom. The molecule has 1 aliphatic heterocycles. The quantitative estimate of drug-likeness (QED) is 0.690. The van der Waals surface area contributed by atoms with E-state index in [-0.39, 0.29) is 6.54 Å². The summed E-state index contributed by atoms with van der Waals surface area (Å²) in [6, 6.07) is -1.30. The molecule has 1 amide bonds. The molecule has 0 radical (unpaired) electrons. The summed E-state index contributed by atoms with van der Waals surface area (Å²) in [5, 5.41) is 0. The number of halogens is 2. The fraction of sp³-hybridized carbons (Fsp3) is 0.833. The van der Waals surface area contributed by atoms with Gasteiger partial charge in [-0.25, -0.2) is 18.4 Å². The predicted octanol–water partition coefficient (Wildman–Crippen LogP) is 2.19. The fourth-order valence-electron chi connectivity index (χ4n) is 1.82. The number of rotatable bonds is 1. The van der Waals surface area contributed by atoms with E-state index < -0.39 is 42.5 Å². The average Bonchev–Trinajstić information content (AvgIpc) is 2.24. The molecule has 1 fully saturated rings. The highest BCUT2D eigenvalue weighted by Gasteiger charge is 2.46. The molecule has 0 aromatic rings. The lowest BCUT2D eigenvalue weighted by molar-refractivity contribution is -0.156. The van der Waals surface area contributed by atoms with Crippen LogP contribution >= 0.6 is 0 Å². The second-order valence-corrected chi connectivity index (χ2v) is 5.52. The lowest BCUT2D eigenvalue weighted by Gasteiger charge is -2.38. The third kappa shape index (κ3) is 4.33. The fourth-order valence-corrected chi connectivity index (χ4v) is 1.82. The van der Waals surface area contributed by atoms with Crippen LogP contribution in [0.1, 0.15) is 33.6 Å². The summed E-state index contributed by atoms with van der Waals surface area (Å²) >= 11 is 0. The molecular weight excluding hydrogens is 260 g/mol. The minimum atomic E-state index is -2.97. The van der Waals surface area contributed by atoms with Crippen molar-refractivity contribution in [1.82, 2.24) is 4.90 Å². The van der Waals surface area contributed by atoms with E-state index in [0.717, 1.165) is 12.0 Å². The van der Waals surface area contributed by atoms with Crippen molar-refractivity contribution in [3.8, 4) is 0 Å². The Bertz CT molecular complexity index is 365. The summed E-state index contributed by atoms with van der Waals surface area (Å²) in [4.78, 5) is 24.4. The molecule has 0 aromatic carbocycles. The number of hydrogen-bond donors (Lipinski definition) is 0. The maximum Gasteiger partial charge on any atom is 0.411 e. The normalized spacial score (nSPS) is 22.8. The van der Waals surface area contributed by atoms with Crippen molar-refractivity contribution >= 4 is 12.1 Å². The number of ether oxygens (including phenoxy) is 2. The average molecular weight is 279 g/mol. The Hall–Kier alpha value is -1.40. The van der Waals surface area contributed by atoms with E-state index in [4.69, 9.17) is 4.74 Å². The Labute approximate surface area is 110 Å². The number of amides is 1. The number of carbonyl (C=O) groups excluding carboxylic acids is 2. The maximum absolute atomic E-state index is 13.3. The number of carbonyl (C=O) groups is 2. The van der Waals surface area contributed by atoms with Gasteiger partial charge >= 0.3 is 12.1 Å². The van der Waals surface area contributed by atoms with Gasteiger partial charge in [0.05, 0.1) is 7.11 Å². The van der Waals surface area contributed by atoms with E-state index in [0.29, 0.717) is 0 Å². The molecule has 110 valence electrons. The van der Waals surface area contributed by atoms with Gasteiger partial charge in [-0.2, -0.15) is 0 Å². The summed E-state index contributed by atoms with van der Waals surface area (Å²) in [6.07, 6.45) is -2.00. The first kappa shape index (κ1) is 15.7. The molecule has 1 atom stereocenters. The standard InChI is InChI=1S/C12H19F2NO4/c1-11(2,3)19-10(17)15-6-5-12(13,14)7-8(15)9(16)18-4/h8H,5-7H2,1-4H3/t8-/m1/s1. The van der Waals surface area contributed by atoms with Gasteiger partial charge in [0.2, 0.25) is 0 Å². The van der Waals surface area contributed by atoms with Gasteiger partial charge < -0.3 is 9.47 Å². The van der Waals surface area contributed by atoms with Crippen molar-refractivity contribution in [3.63, 3.8) is 0 Å². The molecule has 5 nitrogen and oxygen atoms in total. The van der Waals surface area contributed by atoms with Crippen LogP contribution in [0.2, 0.25) is 0 Å². The lowest BCUT2D eigenvalue weighted by Crippen LogP contribution is -2.54. The number of methoxy groups -OCH3 is 1. The molecule has 0 aromatic heterocycles. The van der Waals surface area contributed by atoms with Crippen LogP contribution in [0.25, 0.3) is 0 Å². The zero-order valence-corrected chi connectivity index (χ0v) is 11.5. The topological polar surface area (TPSA) is 55.8 Å². The zero-order valence-electron chi connectivity index (χ0n) is 11.5. The number of hydrogen-bond acceptors (Lipinski definition) is 4. The second kappa shape index (κ2) is 5.30. The molecular formula is C12H19F2NO4. The van der Waals surface area contributed by atoms with Crippen LogP contribution in [0, 0.1) is 0 Å². The molecule has 0 spiro atoms. The molecule has 19 heavy (non-hydrogen) atoms. The van der Waals surface area contributed by atoms with Gasteiger partial charge in [-0.1, -0.05) is 0 Å². The van der Waals surface area contributed by atoms with E-state index in [9.17, 15) is 18.4 Å². The molecule has 0 bridgehead atoms. The Kier molecular flexibility index (Phi) is 4.37. The third-order valence-corrected chi connectivity index (χ3v) is 2.69. The highest BCUT2D eigenvalue weighted by molar-refractivity contribution is 5.81. The van der Waals surface area contributed by atoms with Gasteiger partial charge in [0.15, 0.2) is 0 Å². The summed E-state index contributed by atoms with van der Waals surface area (Å²) in [5.74, 6) is -3.83. The van der Waals surface area contributed by atoms with Crippen LogP contribution < -0.4 is 0 Å². The highest BCUT2D eigenvalue weighted by Crippen LogP contribution is 2.33. The van der Waals surface area contributed by atoms with Crippen molar-refractivity contribution in [1.29, 1.82) is 0 Å². The molecule has 0 aliphatic carbocycles. The van der Waals surface area contributed by atoms with E-state index in [2.05, 4.69) is 4.74 Å². The van der Waals surface area contributed by atoms with Crippen molar-refractivity contribution in [2.75, 3.05) is 13.7 Å². The number of esters is 1. The zero-order chi connectivity index (χ0) is 14.8. The molecule has 0 saturated carbocycles. The molecule has 0 unspecified atom stereocenters. The lowest BCUT2D eigenvalue weighted by atomic mass is 9.99. The summed E-state index contributed by atoms with van der Waals surface area (Å²) in [7, 11) is 1.10. The number of nitrogens with zero attached hydrogens (tertiary/aromatic N) is 1. The van der Waals surface area contributed by atoms with Gasteiger partial charge in [0, 0.05) is 19.4 Å². The second-order valence-electron chi connectivity index (χ2n) is 5.52. The molecule has 7 heteroatoms. The van der Waals surface area contributed by atoms with Crippen LogP contribution in [0.5, 0.6) is 0 Å². The summed E-state index contributed by atoms with van der Waals surface area (Å²) in [5.41, 5.74) is -0.752. The maximum atomic E-state index is 13.3. The Morgan fingerprint density at radius 3 is 2.37 bits per heavy atom.